The molecule has 0 spiro atoms. The summed E-state index contributed by atoms with van der Waals surface area (Å²) in [6.45, 7) is 19.0. The Kier molecular flexibility index (Phi) is 15.8. The maximum absolute atomic E-state index is 14.0. The molecule has 0 saturated carbocycles. The van der Waals surface area contributed by atoms with Crippen LogP contribution in [0.3, 0.4) is 0 Å². The van der Waals surface area contributed by atoms with Crippen molar-refractivity contribution in [1.82, 2.24) is 39.9 Å². The topological polar surface area (TPSA) is 198 Å². The fourth-order valence-corrected chi connectivity index (χ4v) is 9.54. The molecule has 0 aliphatic carbocycles. The lowest BCUT2D eigenvalue weighted by Crippen LogP contribution is -2.51. The zero-order valence-corrected chi connectivity index (χ0v) is 40.1. The summed E-state index contributed by atoms with van der Waals surface area (Å²) in [6, 6.07) is 7.36. The Morgan fingerprint density at radius 2 is 1.38 bits per heavy atom. The quantitative estimate of drug-likeness (QED) is 0.129. The zero-order chi connectivity index (χ0) is 46.3. The zero-order valence-electron chi connectivity index (χ0n) is 39.1. The number of carbonyl (C=O) groups excluding carboxylic acids is 5. The van der Waals surface area contributed by atoms with E-state index in [0.29, 0.717) is 64.1 Å². The Labute approximate surface area is 377 Å². The average molecular weight is 906 g/mol. The van der Waals surface area contributed by atoms with Crippen LogP contribution in [-0.2, 0) is 30.5 Å². The van der Waals surface area contributed by atoms with Gasteiger partial charge >= 0.3 is 12.2 Å². The number of nitrogens with zero attached hydrogens (tertiary/aromatic N) is 6. The summed E-state index contributed by atoms with van der Waals surface area (Å²) >= 11 is 0. The number of hydrogen-bond acceptors (Lipinski definition) is 10. The van der Waals surface area contributed by atoms with Crippen LogP contribution in [0.15, 0.2) is 36.7 Å². The van der Waals surface area contributed by atoms with E-state index in [1.807, 2.05) is 43.7 Å². The fraction of sp³-hybridized carbons (Fsp3) is 0.622. The van der Waals surface area contributed by atoms with Crippen LogP contribution in [0.4, 0.5) is 15.3 Å². The second-order valence-electron chi connectivity index (χ2n) is 18.9. The summed E-state index contributed by atoms with van der Waals surface area (Å²) in [6.07, 6.45) is 5.34. The molecular formula is C45H69N10O8Si+. The average Bonchev–Trinajstić information content (AvgIpc) is 4.12. The van der Waals surface area contributed by atoms with Gasteiger partial charge in [-0.05, 0) is 61.3 Å². The van der Waals surface area contributed by atoms with Crippen molar-refractivity contribution < 1.29 is 43.2 Å². The van der Waals surface area contributed by atoms with E-state index < -0.39 is 32.3 Å². The lowest BCUT2D eigenvalue weighted by Gasteiger charge is -2.35. The number of aromatic amines is 2. The lowest BCUT2D eigenvalue weighted by molar-refractivity contribution is -0.393. The number of anilines is 1. The molecule has 1 aromatic carbocycles. The maximum Gasteiger partial charge on any atom is 0.407 e. The Morgan fingerprint density at radius 3 is 1.92 bits per heavy atom. The number of carbonyl (C=O) groups is 5. The summed E-state index contributed by atoms with van der Waals surface area (Å²) in [5, 5.41) is 5.42. The fourth-order valence-electron chi connectivity index (χ4n) is 8.78. The second kappa shape index (κ2) is 21.0. The van der Waals surface area contributed by atoms with Gasteiger partial charge in [0.15, 0.2) is 0 Å². The molecule has 0 radical (unpaired) electrons. The van der Waals surface area contributed by atoms with Gasteiger partial charge in [0.05, 0.1) is 32.2 Å². The van der Waals surface area contributed by atoms with Gasteiger partial charge in [-0.3, -0.25) is 14.4 Å². The highest BCUT2D eigenvalue weighted by atomic mass is 28.3. The second-order valence-corrected chi connectivity index (χ2v) is 24.6. The highest BCUT2D eigenvalue weighted by molar-refractivity contribution is 6.76. The molecule has 0 bridgehead atoms. The molecule has 3 aliphatic rings. The van der Waals surface area contributed by atoms with E-state index in [9.17, 15) is 24.0 Å². The summed E-state index contributed by atoms with van der Waals surface area (Å²) in [7, 11) is 1.23. The van der Waals surface area contributed by atoms with Crippen molar-refractivity contribution in [1.29, 1.82) is 0 Å². The normalized spacial score (nSPS) is 19.0. The van der Waals surface area contributed by atoms with E-state index in [1.165, 1.54) is 14.2 Å². The first-order valence-electron chi connectivity index (χ1n) is 22.7. The van der Waals surface area contributed by atoms with Crippen LogP contribution in [-0.4, -0.2) is 139 Å². The van der Waals surface area contributed by atoms with Gasteiger partial charge in [-0.25, -0.2) is 24.5 Å². The molecule has 350 valence electrons. The number of piperazine rings is 1. The first-order chi connectivity index (χ1) is 30.5. The molecule has 2 aromatic heterocycles. The molecule has 4 atom stereocenters. The van der Waals surface area contributed by atoms with E-state index in [0.717, 1.165) is 54.5 Å². The van der Waals surface area contributed by atoms with Gasteiger partial charge in [0.25, 0.3) is 11.7 Å². The third-order valence-electron chi connectivity index (χ3n) is 12.6. The molecule has 4 N–H and O–H groups in total. The minimum atomic E-state index is -1.34. The van der Waals surface area contributed by atoms with Crippen LogP contribution in [0.25, 0.3) is 11.3 Å². The van der Waals surface area contributed by atoms with Gasteiger partial charge in [0.2, 0.25) is 17.5 Å². The summed E-state index contributed by atoms with van der Waals surface area (Å²) in [4.78, 5) is 84.7. The van der Waals surface area contributed by atoms with Crippen LogP contribution in [0.1, 0.15) is 87.6 Å². The molecule has 3 aromatic rings. The van der Waals surface area contributed by atoms with Crippen molar-refractivity contribution in [2.45, 2.75) is 110 Å². The number of nitrogens with one attached hydrogen (secondary N) is 4. The molecule has 0 unspecified atom stereocenters. The first-order valence-corrected chi connectivity index (χ1v) is 26.4. The number of rotatable bonds is 16. The smallest absolute Gasteiger partial charge is 0.407 e. The Hall–Kier alpha value is -5.43. The summed E-state index contributed by atoms with van der Waals surface area (Å²) in [5.74, 6) is 0.706. The van der Waals surface area contributed by atoms with Crippen LogP contribution < -0.4 is 20.5 Å². The monoisotopic (exact) mass is 906 g/mol. The molecule has 3 saturated heterocycles. The highest BCUT2D eigenvalue weighted by Gasteiger charge is 2.41. The van der Waals surface area contributed by atoms with E-state index in [4.69, 9.17) is 19.2 Å². The molecule has 18 nitrogen and oxygen atoms in total. The van der Waals surface area contributed by atoms with Gasteiger partial charge in [-0.2, -0.15) is 0 Å². The molecule has 64 heavy (non-hydrogen) atoms. The van der Waals surface area contributed by atoms with Crippen molar-refractivity contribution in [3.8, 4) is 11.3 Å². The molecule has 5 amide bonds. The maximum atomic E-state index is 14.0. The molecule has 5 heterocycles. The number of methoxy groups -OCH3 is 2. The number of alkyl carbamates (subject to hydrolysis) is 2. The van der Waals surface area contributed by atoms with Crippen LogP contribution in [0.2, 0.25) is 25.7 Å². The Bertz CT molecular complexity index is 2090. The number of likely N-dealkylation sites (tertiary alicyclic amines) is 2. The number of hydrogen-bond donors (Lipinski definition) is 3. The minimum absolute atomic E-state index is 0.112. The number of amides is 5. The van der Waals surface area contributed by atoms with Crippen LogP contribution in [0, 0.1) is 11.8 Å². The van der Waals surface area contributed by atoms with Crippen molar-refractivity contribution >= 4 is 43.7 Å². The largest absolute Gasteiger partial charge is 0.453 e. The molecular weight excluding hydrogens is 837 g/mol. The predicted molar refractivity (Wildman–Crippen MR) is 243 cm³/mol. The summed E-state index contributed by atoms with van der Waals surface area (Å²) in [5.41, 5.74) is 3.33. The molecule has 3 fully saturated rings. The molecule has 19 heteroatoms. The lowest BCUT2D eigenvalue weighted by atomic mass is 10.0. The standard InChI is InChI=1S/C45H68N10O8Si/c1-29(2)37(49-44(59)61-5)42(57)53-18-10-12-34(53)39-46-26-33(48-39)41(56)52-22-20-51(21-23-52)32-16-14-31(15-17-32)36-27-47-40(55(36)28-63-24-25-64(7,8)9)35-13-11-19-54(35)43(58)38(30(3)4)50-45(60)62-6/h14-17,26-27,29-30,34-35,37-38H,10-13,18-25,28H2,1-9H3,(H,46,48)(H,49,59)(H,50,60)/p+1/t34-,35-,37-,38-/m0/s1. The van der Waals surface area contributed by atoms with Crippen molar-refractivity contribution in [3.05, 3.63) is 54.0 Å². The number of aromatic nitrogens is 4. The summed E-state index contributed by atoms with van der Waals surface area (Å²) < 4.78 is 18.0. The number of imidazole rings is 2. The third kappa shape index (κ3) is 11.3. The van der Waals surface area contributed by atoms with Gasteiger partial charge < -0.3 is 49.0 Å². The van der Waals surface area contributed by atoms with E-state index in [-0.39, 0.29) is 41.6 Å². The van der Waals surface area contributed by atoms with Crippen LogP contribution >= 0.6 is 0 Å². The minimum Gasteiger partial charge on any atom is -0.453 e. The van der Waals surface area contributed by atoms with E-state index in [1.54, 1.807) is 11.1 Å². The third-order valence-corrected chi connectivity index (χ3v) is 14.3. The van der Waals surface area contributed by atoms with E-state index in [2.05, 4.69) is 74.0 Å². The van der Waals surface area contributed by atoms with Gasteiger partial charge in [0.1, 0.15) is 36.9 Å². The van der Waals surface area contributed by atoms with Crippen molar-refractivity contribution in [2.24, 2.45) is 11.8 Å². The van der Waals surface area contributed by atoms with Gasteiger partial charge in [-0.1, -0.05) is 59.5 Å². The van der Waals surface area contributed by atoms with E-state index >= 15 is 0 Å². The number of ether oxygens (including phenoxy) is 3. The predicted octanol–water partition coefficient (Wildman–Crippen LogP) is 5.06. The van der Waals surface area contributed by atoms with Crippen molar-refractivity contribution in [3.63, 3.8) is 0 Å². The SMILES string of the molecule is COC(=O)N[C@H](C(=O)N1CCC[C@H]1c1[nH]c(C(=O)N2CCN(c3ccc(-c4cnc([C@@H]5CCCN5C(=O)[C@@H](NC(=O)OC)C(C)C)n4COCC[Si](C)(C)C)cc3)CC2)c[nH+]1)C(C)C. The first kappa shape index (κ1) is 48.0. The van der Waals surface area contributed by atoms with Gasteiger partial charge in [0, 0.05) is 59.6 Å². The molecule has 6 rings (SSSR count). The number of H-pyrrole nitrogens is 2. The Morgan fingerprint density at radius 1 is 0.812 bits per heavy atom. The number of benzene rings is 1. The van der Waals surface area contributed by atoms with Crippen LogP contribution in [0.5, 0.6) is 0 Å². The highest BCUT2D eigenvalue weighted by Crippen LogP contribution is 2.36. The van der Waals surface area contributed by atoms with Crippen molar-refractivity contribution in [2.75, 3.05) is 65.0 Å². The molecule has 3 aliphatic heterocycles. The van der Waals surface area contributed by atoms with Gasteiger partial charge in [-0.15, -0.1) is 0 Å². The Balaban J connectivity index is 1.12.